The first-order chi connectivity index (χ1) is 41.1. The predicted octanol–water partition coefficient (Wildman–Crippen LogP) is 12.0. The number of nitriles is 2. The first kappa shape index (κ1) is 48.1. The van der Waals surface area contributed by atoms with Gasteiger partial charge in [-0.05, 0) is 170 Å². The molecule has 0 fully saturated rings. The predicted molar refractivity (Wildman–Crippen MR) is 348 cm³/mol. The van der Waals surface area contributed by atoms with Crippen LogP contribution in [0.1, 0.15) is 16.7 Å². The summed E-state index contributed by atoms with van der Waals surface area (Å²) in [4.78, 5) is 7.06. The molecule has 0 unspecified atom stereocenters. The van der Waals surface area contributed by atoms with Crippen LogP contribution in [-0.4, -0.2) is 20.1 Å². The number of hydrogen-bond acceptors (Lipinski definition) is 5. The van der Waals surface area contributed by atoms with Crippen LogP contribution < -0.4 is 63.9 Å². The number of hydrogen-bond donors (Lipinski definition) is 0. The Morgan fingerprint density at radius 1 is 0.289 bits per heavy atom. The first-order valence-electron chi connectivity index (χ1n) is 28.5. The Labute approximate surface area is 485 Å². The summed E-state index contributed by atoms with van der Waals surface area (Å²) in [5.74, 6) is 0. The maximum Gasteiger partial charge on any atom is 0.250 e. The second-order valence-electron chi connectivity index (χ2n) is 22.0. The molecule has 0 saturated carbocycles. The van der Waals surface area contributed by atoms with Gasteiger partial charge in [-0.15, -0.1) is 0 Å². The number of fused-ring (bicyclic) bond motifs is 15. The van der Waals surface area contributed by atoms with E-state index in [-0.39, 0.29) is 13.4 Å². The van der Waals surface area contributed by atoms with Crippen molar-refractivity contribution in [2.24, 2.45) is 0 Å². The Kier molecular flexibility index (Phi) is 11.1. The zero-order chi connectivity index (χ0) is 55.3. The number of rotatable bonds is 3. The summed E-state index contributed by atoms with van der Waals surface area (Å²) >= 11 is 0. The molecule has 0 amide bonds. The summed E-state index contributed by atoms with van der Waals surface area (Å²) in [6, 6.07) is 101. The molecule has 0 aromatic heterocycles. The van der Waals surface area contributed by atoms with Crippen LogP contribution in [0, 0.1) is 29.6 Å². The van der Waals surface area contributed by atoms with Crippen LogP contribution in [-0.2, 0) is 0 Å². The molecular weight excluding hydrogens is 1000 g/mol. The van der Waals surface area contributed by atoms with E-state index in [0.717, 1.165) is 33.8 Å². The van der Waals surface area contributed by atoms with Crippen LogP contribution in [0.3, 0.4) is 0 Å². The molecule has 0 aliphatic carbocycles. The third-order valence-electron chi connectivity index (χ3n) is 17.8. The van der Waals surface area contributed by atoms with Gasteiger partial charge < -0.3 is 14.7 Å². The van der Waals surface area contributed by atoms with Crippen molar-refractivity contribution in [3.05, 3.63) is 290 Å². The molecule has 0 radical (unpaired) electrons. The number of anilines is 9. The molecule has 0 spiro atoms. The van der Waals surface area contributed by atoms with Crippen molar-refractivity contribution >= 4 is 120 Å². The van der Waals surface area contributed by atoms with E-state index in [9.17, 15) is 10.5 Å². The van der Waals surface area contributed by atoms with Crippen molar-refractivity contribution in [1.29, 1.82) is 10.5 Å². The van der Waals surface area contributed by atoms with Crippen LogP contribution in [0.4, 0.5) is 51.2 Å². The van der Waals surface area contributed by atoms with Gasteiger partial charge >= 0.3 is 0 Å². The van der Waals surface area contributed by atoms with Gasteiger partial charge in [0.25, 0.3) is 0 Å². The maximum atomic E-state index is 9.91. The normalized spacial score (nSPS) is 13.0. The van der Waals surface area contributed by atoms with Gasteiger partial charge in [-0.3, -0.25) is 0 Å². The second-order valence-corrected chi connectivity index (χ2v) is 22.0. The summed E-state index contributed by atoms with van der Waals surface area (Å²) in [5.41, 5.74) is 33.4. The second kappa shape index (κ2) is 19.2. The minimum absolute atomic E-state index is 0.105. The standard InChI is InChI=1S/2C25H15BN2.C25H18BN/c27-16-17-8-6-14-22-24(17)26-21-13-5-4-11-19(21)20-12-7-15-23(25(20)26)28(22)18-9-2-1-3-10-18;27-16-17-13-14-23-22(15-17)26-21-11-5-4-9-19(21)20-10-6-12-24(25(20)26)28(23)18-7-2-1-3-8-18;1-17-9-7-14-21-24(17)19-12-8-16-23-25(19)26(21)20-13-5-6-15-22(20)27(23)18-10-3-2-4-11-18/h2*1-15H;2-16H,1H3. The molecule has 382 valence electrons. The van der Waals surface area contributed by atoms with Gasteiger partial charge in [-0.1, -0.05) is 198 Å². The van der Waals surface area contributed by atoms with Crippen LogP contribution in [0.2, 0.25) is 0 Å². The Hall–Kier alpha value is -10.8. The molecule has 0 bridgehead atoms. The smallest absolute Gasteiger partial charge is 0.250 e. The van der Waals surface area contributed by atoms with E-state index in [1.54, 1.807) is 0 Å². The molecule has 6 heterocycles. The lowest BCUT2D eigenvalue weighted by Gasteiger charge is -2.36. The number of nitrogens with zero attached hydrogens (tertiary/aromatic N) is 5. The maximum absolute atomic E-state index is 9.91. The van der Waals surface area contributed by atoms with Crippen molar-refractivity contribution < 1.29 is 0 Å². The Balaban J connectivity index is 0.000000102. The molecule has 18 rings (SSSR count). The van der Waals surface area contributed by atoms with Gasteiger partial charge in [-0.2, -0.15) is 10.5 Å². The van der Waals surface area contributed by atoms with E-state index >= 15 is 0 Å². The lowest BCUT2D eigenvalue weighted by molar-refractivity contribution is 1.29. The lowest BCUT2D eigenvalue weighted by atomic mass is 9.36. The van der Waals surface area contributed by atoms with Gasteiger partial charge in [0.1, 0.15) is 0 Å². The molecule has 5 nitrogen and oxygen atoms in total. The summed E-state index contributed by atoms with van der Waals surface area (Å²) in [7, 11) is 0. The van der Waals surface area contributed by atoms with Crippen molar-refractivity contribution in [2.75, 3.05) is 14.7 Å². The van der Waals surface area contributed by atoms with E-state index in [1.165, 1.54) is 111 Å². The highest BCUT2D eigenvalue weighted by Crippen LogP contribution is 2.44. The Bertz CT molecular complexity index is 4720. The topological polar surface area (TPSA) is 57.3 Å². The summed E-state index contributed by atoms with van der Waals surface area (Å²) < 4.78 is 0. The SMILES string of the molecule is Cc1cccc2c1-c1cccc3c1B2c1ccccc1N3c1ccccc1.N#Cc1ccc2c(c1)B1c3ccccc3-c3cccc(c31)N2c1ccccc1.N#Cc1cccc2c1B1c3ccccc3-c3cccc(c31)N2c1ccccc1. The van der Waals surface area contributed by atoms with Gasteiger partial charge in [0.15, 0.2) is 0 Å². The minimum Gasteiger partial charge on any atom is -0.312 e. The zero-order valence-electron chi connectivity index (χ0n) is 45.4. The lowest BCUT2D eigenvalue weighted by Crippen LogP contribution is -2.55. The van der Waals surface area contributed by atoms with E-state index in [2.05, 4.69) is 276 Å². The average Bonchev–Trinajstić information content (AvgIpc) is 2.02. The molecule has 6 aliphatic heterocycles. The number of para-hydroxylation sites is 4. The van der Waals surface area contributed by atoms with Gasteiger partial charge in [-0.25, -0.2) is 0 Å². The molecule has 83 heavy (non-hydrogen) atoms. The minimum atomic E-state index is 0.105. The summed E-state index contributed by atoms with van der Waals surface area (Å²) in [6.07, 6.45) is 0. The molecular formula is C75H48B3N5. The van der Waals surface area contributed by atoms with Gasteiger partial charge in [0.05, 0.1) is 17.7 Å². The number of benzene rings is 12. The Morgan fingerprint density at radius 2 is 0.687 bits per heavy atom. The van der Waals surface area contributed by atoms with E-state index in [4.69, 9.17) is 0 Å². The fourth-order valence-corrected chi connectivity index (χ4v) is 14.6. The fraction of sp³-hybridized carbons (Fsp3) is 0.0133. The highest BCUT2D eigenvalue weighted by Gasteiger charge is 2.46. The van der Waals surface area contributed by atoms with Gasteiger partial charge in [0, 0.05) is 56.7 Å². The summed E-state index contributed by atoms with van der Waals surface area (Å²) in [5, 5.41) is 19.4. The Morgan fingerprint density at radius 3 is 1.27 bits per heavy atom. The van der Waals surface area contributed by atoms with E-state index in [0.29, 0.717) is 12.3 Å². The van der Waals surface area contributed by atoms with Crippen molar-refractivity contribution in [3.63, 3.8) is 0 Å². The van der Waals surface area contributed by atoms with E-state index < -0.39 is 0 Å². The first-order valence-corrected chi connectivity index (χ1v) is 28.5. The largest absolute Gasteiger partial charge is 0.312 e. The van der Waals surface area contributed by atoms with Crippen LogP contribution >= 0.6 is 0 Å². The fourth-order valence-electron chi connectivity index (χ4n) is 14.6. The van der Waals surface area contributed by atoms with Crippen LogP contribution in [0.5, 0.6) is 0 Å². The summed E-state index contributed by atoms with van der Waals surface area (Å²) in [6.45, 7) is 2.83. The van der Waals surface area contributed by atoms with Crippen molar-refractivity contribution in [3.8, 4) is 45.5 Å². The molecule has 0 saturated heterocycles. The quantitative estimate of drug-likeness (QED) is 0.165. The monoisotopic (exact) mass is 1050 g/mol. The molecule has 0 atom stereocenters. The average molecular weight is 1050 g/mol. The third-order valence-corrected chi connectivity index (χ3v) is 17.8. The molecule has 0 N–H and O–H groups in total. The molecule has 8 heteroatoms. The van der Waals surface area contributed by atoms with Crippen LogP contribution in [0.15, 0.2) is 273 Å². The number of aryl methyl sites for hydroxylation is 1. The van der Waals surface area contributed by atoms with Crippen molar-refractivity contribution in [1.82, 2.24) is 0 Å². The van der Waals surface area contributed by atoms with Gasteiger partial charge in [0.2, 0.25) is 20.1 Å². The van der Waals surface area contributed by atoms with Crippen LogP contribution in [0.25, 0.3) is 33.4 Å². The highest BCUT2D eigenvalue weighted by molar-refractivity contribution is 7.03. The van der Waals surface area contributed by atoms with Crippen molar-refractivity contribution in [2.45, 2.75) is 6.92 Å². The zero-order valence-corrected chi connectivity index (χ0v) is 45.4. The van der Waals surface area contributed by atoms with E-state index in [1.807, 2.05) is 30.3 Å². The third kappa shape index (κ3) is 7.23. The molecule has 12 aromatic rings. The molecule has 6 aliphatic rings. The molecule has 12 aromatic carbocycles. The highest BCUT2D eigenvalue weighted by atomic mass is 15.2.